The average Bonchev–Trinajstić information content (AvgIpc) is 3.15. The number of aromatic nitrogens is 3. The Bertz CT molecular complexity index is 920. The number of nitro groups is 1. The molecule has 0 aliphatic heterocycles. The number of benzene rings is 1. The Morgan fingerprint density at radius 1 is 1.32 bits per heavy atom. The van der Waals surface area contributed by atoms with Crippen LogP contribution in [-0.4, -0.2) is 19.7 Å². The van der Waals surface area contributed by atoms with Crippen molar-refractivity contribution in [3.63, 3.8) is 0 Å². The fourth-order valence-corrected chi connectivity index (χ4v) is 3.07. The second-order valence-electron chi connectivity index (χ2n) is 5.27. The molecule has 0 fully saturated rings. The SMILES string of the molecule is Cc1cc(Cn2nc(C(F)(F)F)nc2-c2cccs2)ccc1[N+](=O)[O-]. The van der Waals surface area contributed by atoms with Crippen LogP contribution in [0.25, 0.3) is 10.7 Å². The summed E-state index contributed by atoms with van der Waals surface area (Å²) in [6, 6.07) is 7.76. The summed E-state index contributed by atoms with van der Waals surface area (Å²) in [5, 5.41) is 16.2. The highest BCUT2D eigenvalue weighted by atomic mass is 32.1. The zero-order valence-corrected chi connectivity index (χ0v) is 13.6. The average molecular weight is 368 g/mol. The van der Waals surface area contributed by atoms with E-state index in [0.29, 0.717) is 16.0 Å². The summed E-state index contributed by atoms with van der Waals surface area (Å²) in [6.07, 6.45) is -4.65. The lowest BCUT2D eigenvalue weighted by molar-refractivity contribution is -0.385. The number of halogens is 3. The Morgan fingerprint density at radius 2 is 2.08 bits per heavy atom. The van der Waals surface area contributed by atoms with E-state index in [4.69, 9.17) is 0 Å². The lowest BCUT2D eigenvalue weighted by Gasteiger charge is -2.06. The van der Waals surface area contributed by atoms with Crippen molar-refractivity contribution in [3.05, 3.63) is 62.8 Å². The normalized spacial score (nSPS) is 11.7. The molecular weight excluding hydrogens is 357 g/mol. The third-order valence-corrected chi connectivity index (χ3v) is 4.32. The number of hydrogen-bond donors (Lipinski definition) is 0. The van der Waals surface area contributed by atoms with E-state index >= 15 is 0 Å². The van der Waals surface area contributed by atoms with E-state index in [1.807, 2.05) is 0 Å². The number of aryl methyl sites for hydroxylation is 1. The number of nitrogens with zero attached hydrogens (tertiary/aromatic N) is 4. The van der Waals surface area contributed by atoms with Gasteiger partial charge in [0.2, 0.25) is 0 Å². The Morgan fingerprint density at radius 3 is 2.64 bits per heavy atom. The van der Waals surface area contributed by atoms with Gasteiger partial charge in [0.1, 0.15) is 0 Å². The zero-order valence-electron chi connectivity index (χ0n) is 12.8. The van der Waals surface area contributed by atoms with E-state index in [1.54, 1.807) is 30.5 Å². The summed E-state index contributed by atoms with van der Waals surface area (Å²) in [5.74, 6) is -1.10. The largest absolute Gasteiger partial charge is 0.453 e. The highest BCUT2D eigenvalue weighted by Gasteiger charge is 2.37. The van der Waals surface area contributed by atoms with E-state index in [2.05, 4.69) is 10.1 Å². The standard InChI is InChI=1S/C15H11F3N4O2S/c1-9-7-10(4-5-11(9)22(23)24)8-21-13(12-3-2-6-25-12)19-14(20-21)15(16,17)18/h2-7H,8H2,1H3. The number of alkyl halides is 3. The molecule has 0 saturated heterocycles. The van der Waals surface area contributed by atoms with Crippen molar-refractivity contribution in [2.45, 2.75) is 19.6 Å². The first-order valence-electron chi connectivity index (χ1n) is 7.05. The van der Waals surface area contributed by atoms with Crippen LogP contribution in [0.5, 0.6) is 0 Å². The smallest absolute Gasteiger partial charge is 0.258 e. The fourth-order valence-electron chi connectivity index (χ4n) is 2.35. The molecule has 2 aromatic heterocycles. The van der Waals surface area contributed by atoms with Gasteiger partial charge in [-0.05, 0) is 30.0 Å². The van der Waals surface area contributed by atoms with Crippen LogP contribution in [0.3, 0.4) is 0 Å². The third kappa shape index (κ3) is 3.53. The summed E-state index contributed by atoms with van der Waals surface area (Å²) in [5.41, 5.74) is 0.979. The van der Waals surface area contributed by atoms with Gasteiger partial charge in [-0.15, -0.1) is 16.4 Å². The first kappa shape index (κ1) is 17.1. The van der Waals surface area contributed by atoms with Crippen LogP contribution in [0.15, 0.2) is 35.7 Å². The van der Waals surface area contributed by atoms with Crippen molar-refractivity contribution in [2.75, 3.05) is 0 Å². The molecule has 6 nitrogen and oxygen atoms in total. The Labute approximate surface area is 143 Å². The molecule has 10 heteroatoms. The lowest BCUT2D eigenvalue weighted by atomic mass is 10.1. The van der Waals surface area contributed by atoms with Gasteiger partial charge in [0.25, 0.3) is 11.5 Å². The minimum Gasteiger partial charge on any atom is -0.258 e. The summed E-state index contributed by atoms with van der Waals surface area (Å²) in [4.78, 5) is 14.5. The fraction of sp³-hybridized carbons (Fsp3) is 0.200. The summed E-state index contributed by atoms with van der Waals surface area (Å²) in [6.45, 7) is 1.60. The molecule has 0 atom stereocenters. The van der Waals surface area contributed by atoms with Gasteiger partial charge in [-0.1, -0.05) is 12.1 Å². The quantitative estimate of drug-likeness (QED) is 0.509. The molecule has 0 saturated carbocycles. The molecule has 130 valence electrons. The van der Waals surface area contributed by atoms with Crippen LogP contribution in [-0.2, 0) is 12.7 Å². The molecule has 25 heavy (non-hydrogen) atoms. The molecule has 0 aliphatic carbocycles. The number of rotatable bonds is 4. The van der Waals surface area contributed by atoms with Gasteiger partial charge in [0.05, 0.1) is 16.3 Å². The van der Waals surface area contributed by atoms with E-state index in [9.17, 15) is 23.3 Å². The molecule has 0 aliphatic rings. The predicted molar refractivity (Wildman–Crippen MR) is 85.3 cm³/mol. The highest BCUT2D eigenvalue weighted by molar-refractivity contribution is 7.13. The highest BCUT2D eigenvalue weighted by Crippen LogP contribution is 2.31. The van der Waals surface area contributed by atoms with Gasteiger partial charge in [-0.3, -0.25) is 10.1 Å². The summed E-state index contributed by atoms with van der Waals surface area (Å²) in [7, 11) is 0. The zero-order chi connectivity index (χ0) is 18.2. The topological polar surface area (TPSA) is 73.8 Å². The molecule has 3 aromatic rings. The van der Waals surface area contributed by atoms with Crippen LogP contribution in [0.2, 0.25) is 0 Å². The first-order chi connectivity index (χ1) is 11.8. The molecular formula is C15H11F3N4O2S. The van der Waals surface area contributed by atoms with Crippen molar-refractivity contribution in [2.24, 2.45) is 0 Å². The van der Waals surface area contributed by atoms with Crippen molar-refractivity contribution in [1.82, 2.24) is 14.8 Å². The van der Waals surface area contributed by atoms with Gasteiger partial charge in [-0.25, -0.2) is 9.67 Å². The molecule has 0 spiro atoms. The number of hydrogen-bond acceptors (Lipinski definition) is 5. The van der Waals surface area contributed by atoms with Gasteiger partial charge >= 0.3 is 6.18 Å². The lowest BCUT2D eigenvalue weighted by Crippen LogP contribution is -2.09. The molecule has 0 amide bonds. The maximum Gasteiger partial charge on any atom is 0.453 e. The van der Waals surface area contributed by atoms with Gasteiger partial charge < -0.3 is 0 Å². The van der Waals surface area contributed by atoms with E-state index in [1.165, 1.54) is 23.5 Å². The summed E-state index contributed by atoms with van der Waals surface area (Å²) < 4.78 is 40.0. The van der Waals surface area contributed by atoms with E-state index in [0.717, 1.165) is 4.68 Å². The Hall–Kier alpha value is -2.75. The van der Waals surface area contributed by atoms with Crippen LogP contribution in [0.1, 0.15) is 17.0 Å². The molecule has 2 heterocycles. The Kier molecular flexibility index (Phi) is 4.29. The maximum absolute atomic E-state index is 13.0. The monoisotopic (exact) mass is 368 g/mol. The predicted octanol–water partition coefficient (Wildman–Crippen LogP) is 4.29. The Balaban J connectivity index is 2.01. The minimum absolute atomic E-state index is 0.0230. The van der Waals surface area contributed by atoms with Gasteiger partial charge in [-0.2, -0.15) is 13.2 Å². The minimum atomic E-state index is -4.65. The molecule has 0 radical (unpaired) electrons. The van der Waals surface area contributed by atoms with Crippen LogP contribution in [0.4, 0.5) is 18.9 Å². The molecule has 0 bridgehead atoms. The van der Waals surface area contributed by atoms with Crippen molar-refractivity contribution >= 4 is 17.0 Å². The number of thiophene rings is 1. The second kappa shape index (κ2) is 6.28. The van der Waals surface area contributed by atoms with Crippen molar-refractivity contribution < 1.29 is 18.1 Å². The second-order valence-corrected chi connectivity index (χ2v) is 6.22. The van der Waals surface area contributed by atoms with Crippen molar-refractivity contribution in [1.29, 1.82) is 0 Å². The van der Waals surface area contributed by atoms with Crippen molar-refractivity contribution in [3.8, 4) is 10.7 Å². The molecule has 0 N–H and O–H groups in total. The maximum atomic E-state index is 13.0. The third-order valence-electron chi connectivity index (χ3n) is 3.46. The molecule has 1 aromatic carbocycles. The van der Waals surface area contributed by atoms with Gasteiger partial charge in [0, 0.05) is 11.6 Å². The number of nitro benzene ring substituents is 1. The molecule has 0 unspecified atom stereocenters. The summed E-state index contributed by atoms with van der Waals surface area (Å²) >= 11 is 1.25. The van der Waals surface area contributed by atoms with Crippen LogP contribution >= 0.6 is 11.3 Å². The molecule has 3 rings (SSSR count). The van der Waals surface area contributed by atoms with Crippen LogP contribution < -0.4 is 0 Å². The van der Waals surface area contributed by atoms with Crippen LogP contribution in [0, 0.1) is 17.0 Å². The van der Waals surface area contributed by atoms with E-state index < -0.39 is 16.9 Å². The van der Waals surface area contributed by atoms with E-state index in [-0.39, 0.29) is 18.1 Å². The first-order valence-corrected chi connectivity index (χ1v) is 7.93. The van der Waals surface area contributed by atoms with Gasteiger partial charge in [0.15, 0.2) is 5.82 Å².